The van der Waals surface area contributed by atoms with E-state index >= 15 is 0 Å². The lowest BCUT2D eigenvalue weighted by Gasteiger charge is -2.19. The molecule has 108 valence electrons. The van der Waals surface area contributed by atoms with Crippen molar-refractivity contribution in [1.82, 2.24) is 5.43 Å². The zero-order valence-corrected chi connectivity index (χ0v) is 12.1. The summed E-state index contributed by atoms with van der Waals surface area (Å²) in [4.78, 5) is 12.0. The van der Waals surface area contributed by atoms with Crippen LogP contribution in [-0.4, -0.2) is 12.1 Å². The molecule has 0 atom stereocenters. The molecule has 1 saturated carbocycles. The van der Waals surface area contributed by atoms with E-state index in [1.807, 2.05) is 18.2 Å². The molecule has 2 aromatic rings. The first-order valence-corrected chi connectivity index (χ1v) is 7.65. The molecule has 21 heavy (non-hydrogen) atoms. The highest BCUT2D eigenvalue weighted by atomic mass is 16.2. The van der Waals surface area contributed by atoms with Crippen LogP contribution < -0.4 is 5.43 Å². The molecule has 3 nitrogen and oxygen atoms in total. The third kappa shape index (κ3) is 3.48. The molecule has 0 radical (unpaired) electrons. The van der Waals surface area contributed by atoms with E-state index in [2.05, 4.69) is 34.8 Å². The fourth-order valence-electron chi connectivity index (χ4n) is 2.91. The van der Waals surface area contributed by atoms with E-state index in [9.17, 15) is 4.79 Å². The number of carbonyl (C=O) groups is 1. The van der Waals surface area contributed by atoms with Gasteiger partial charge in [-0.25, -0.2) is 5.43 Å². The number of hydrazone groups is 1. The van der Waals surface area contributed by atoms with E-state index in [1.165, 1.54) is 17.2 Å². The molecule has 1 aliphatic carbocycles. The maximum Gasteiger partial charge on any atom is 0.243 e. The summed E-state index contributed by atoms with van der Waals surface area (Å²) in [6.45, 7) is 0. The second-order valence-corrected chi connectivity index (χ2v) is 5.68. The van der Waals surface area contributed by atoms with Crippen LogP contribution in [0.2, 0.25) is 0 Å². The first-order chi connectivity index (χ1) is 10.3. The Morgan fingerprint density at radius 2 is 1.81 bits per heavy atom. The van der Waals surface area contributed by atoms with Gasteiger partial charge in [-0.1, -0.05) is 55.7 Å². The van der Waals surface area contributed by atoms with Crippen molar-refractivity contribution in [3.8, 4) is 0 Å². The van der Waals surface area contributed by atoms with Crippen molar-refractivity contribution in [2.45, 2.75) is 32.1 Å². The first-order valence-electron chi connectivity index (χ1n) is 7.65. The van der Waals surface area contributed by atoms with Crippen molar-refractivity contribution < 1.29 is 4.79 Å². The van der Waals surface area contributed by atoms with Crippen LogP contribution in [0.3, 0.4) is 0 Å². The van der Waals surface area contributed by atoms with Crippen LogP contribution in [0, 0.1) is 5.92 Å². The van der Waals surface area contributed by atoms with Crippen LogP contribution in [0.25, 0.3) is 10.8 Å². The minimum absolute atomic E-state index is 0.0618. The lowest BCUT2D eigenvalue weighted by molar-refractivity contribution is -0.125. The molecule has 3 heteroatoms. The molecule has 0 bridgehead atoms. The number of nitrogens with one attached hydrogen (secondary N) is 1. The van der Waals surface area contributed by atoms with Gasteiger partial charge in [0.25, 0.3) is 0 Å². The highest BCUT2D eigenvalue weighted by Gasteiger charge is 2.20. The van der Waals surface area contributed by atoms with Gasteiger partial charge in [0.15, 0.2) is 0 Å². The SMILES string of the molecule is O=C(N/N=C/c1ccc2ccccc2c1)C1CCCCC1. The largest absolute Gasteiger partial charge is 0.273 e. The molecule has 0 unspecified atom stereocenters. The van der Waals surface area contributed by atoms with Crippen molar-refractivity contribution in [3.05, 3.63) is 48.0 Å². The van der Waals surface area contributed by atoms with Gasteiger partial charge < -0.3 is 0 Å². The van der Waals surface area contributed by atoms with Gasteiger partial charge in [-0.15, -0.1) is 0 Å². The number of hydrogen-bond acceptors (Lipinski definition) is 2. The molecule has 0 saturated heterocycles. The third-order valence-electron chi connectivity index (χ3n) is 4.14. The lowest BCUT2D eigenvalue weighted by Crippen LogP contribution is -2.28. The molecule has 1 N–H and O–H groups in total. The van der Waals surface area contributed by atoms with Gasteiger partial charge in [-0.3, -0.25) is 4.79 Å². The number of benzene rings is 2. The van der Waals surface area contributed by atoms with E-state index in [4.69, 9.17) is 0 Å². The molecule has 0 spiro atoms. The van der Waals surface area contributed by atoms with Crippen LogP contribution >= 0.6 is 0 Å². The minimum Gasteiger partial charge on any atom is -0.273 e. The predicted octanol–water partition coefficient (Wildman–Crippen LogP) is 3.87. The number of hydrogen-bond donors (Lipinski definition) is 1. The fourth-order valence-corrected chi connectivity index (χ4v) is 2.91. The van der Waals surface area contributed by atoms with Gasteiger partial charge in [-0.2, -0.15) is 5.10 Å². The standard InChI is InChI=1S/C18H20N2O/c21-18(16-7-2-1-3-8-16)20-19-13-14-10-11-15-6-4-5-9-17(15)12-14/h4-6,9-13,16H,1-3,7-8H2,(H,20,21)/b19-13+. The first kappa shape index (κ1) is 13.8. The maximum absolute atomic E-state index is 12.0. The average Bonchev–Trinajstić information content (AvgIpc) is 2.55. The van der Waals surface area contributed by atoms with Gasteiger partial charge >= 0.3 is 0 Å². The smallest absolute Gasteiger partial charge is 0.243 e. The Morgan fingerprint density at radius 1 is 1.05 bits per heavy atom. The molecule has 3 rings (SSSR count). The van der Waals surface area contributed by atoms with Crippen LogP contribution in [0.1, 0.15) is 37.7 Å². The van der Waals surface area contributed by atoms with Gasteiger partial charge in [0.2, 0.25) is 5.91 Å². The monoisotopic (exact) mass is 280 g/mol. The van der Waals surface area contributed by atoms with E-state index in [-0.39, 0.29) is 11.8 Å². The molecular weight excluding hydrogens is 260 g/mol. The van der Waals surface area contributed by atoms with Crippen molar-refractivity contribution >= 4 is 22.9 Å². The summed E-state index contributed by atoms with van der Waals surface area (Å²) < 4.78 is 0. The topological polar surface area (TPSA) is 41.5 Å². The summed E-state index contributed by atoms with van der Waals surface area (Å²) in [6, 6.07) is 14.4. The van der Waals surface area contributed by atoms with Crippen molar-refractivity contribution in [1.29, 1.82) is 0 Å². The minimum atomic E-state index is 0.0618. The highest BCUT2D eigenvalue weighted by Crippen LogP contribution is 2.23. The average molecular weight is 280 g/mol. The second kappa shape index (κ2) is 6.53. The zero-order valence-electron chi connectivity index (χ0n) is 12.1. The molecule has 0 aromatic heterocycles. The Kier molecular flexibility index (Phi) is 4.29. The Balaban J connectivity index is 1.63. The Hall–Kier alpha value is -2.16. The van der Waals surface area contributed by atoms with Crippen molar-refractivity contribution in [2.24, 2.45) is 11.0 Å². The number of rotatable bonds is 3. The van der Waals surface area contributed by atoms with Crippen LogP contribution in [0.5, 0.6) is 0 Å². The van der Waals surface area contributed by atoms with Crippen molar-refractivity contribution in [2.75, 3.05) is 0 Å². The summed E-state index contributed by atoms with van der Waals surface area (Å²) in [5.41, 5.74) is 3.68. The third-order valence-corrected chi connectivity index (χ3v) is 4.14. The van der Waals surface area contributed by atoms with Gasteiger partial charge in [0.1, 0.15) is 0 Å². The van der Waals surface area contributed by atoms with E-state index in [1.54, 1.807) is 6.21 Å². The van der Waals surface area contributed by atoms with E-state index in [0.29, 0.717) is 0 Å². The number of amides is 1. The lowest BCUT2D eigenvalue weighted by atomic mass is 9.89. The molecule has 0 heterocycles. The van der Waals surface area contributed by atoms with Gasteiger partial charge in [0, 0.05) is 5.92 Å². The maximum atomic E-state index is 12.0. The molecule has 2 aromatic carbocycles. The summed E-state index contributed by atoms with van der Waals surface area (Å²) in [7, 11) is 0. The Labute approximate surface area is 125 Å². The molecular formula is C18H20N2O. The molecule has 1 fully saturated rings. The Morgan fingerprint density at radius 3 is 2.62 bits per heavy atom. The second-order valence-electron chi connectivity index (χ2n) is 5.68. The summed E-state index contributed by atoms with van der Waals surface area (Å²) in [6.07, 6.45) is 7.28. The molecule has 0 aliphatic heterocycles. The number of carbonyl (C=O) groups excluding carboxylic acids is 1. The Bertz CT molecular complexity index is 657. The van der Waals surface area contributed by atoms with Crippen LogP contribution in [-0.2, 0) is 4.79 Å². The molecule has 1 aliphatic rings. The van der Waals surface area contributed by atoms with Crippen LogP contribution in [0.4, 0.5) is 0 Å². The molecule has 1 amide bonds. The summed E-state index contributed by atoms with van der Waals surface area (Å²) >= 11 is 0. The summed E-state index contributed by atoms with van der Waals surface area (Å²) in [5.74, 6) is 0.208. The van der Waals surface area contributed by atoms with Crippen molar-refractivity contribution in [3.63, 3.8) is 0 Å². The fraction of sp³-hybridized carbons (Fsp3) is 0.333. The zero-order chi connectivity index (χ0) is 14.5. The van der Waals surface area contributed by atoms with Gasteiger partial charge in [-0.05, 0) is 35.2 Å². The van der Waals surface area contributed by atoms with Crippen LogP contribution in [0.15, 0.2) is 47.6 Å². The number of fused-ring (bicyclic) bond motifs is 1. The van der Waals surface area contributed by atoms with E-state index in [0.717, 1.165) is 31.2 Å². The normalized spacial score (nSPS) is 16.4. The quantitative estimate of drug-likeness (QED) is 0.673. The van der Waals surface area contributed by atoms with Gasteiger partial charge in [0.05, 0.1) is 6.21 Å². The van der Waals surface area contributed by atoms with E-state index < -0.39 is 0 Å². The highest BCUT2D eigenvalue weighted by molar-refractivity contribution is 5.91. The number of nitrogens with zero attached hydrogens (tertiary/aromatic N) is 1. The predicted molar refractivity (Wildman–Crippen MR) is 86.3 cm³/mol. The summed E-state index contributed by atoms with van der Waals surface area (Å²) in [5, 5.41) is 6.49.